The van der Waals surface area contributed by atoms with Gasteiger partial charge in [-0.25, -0.2) is 8.42 Å². The zero-order chi connectivity index (χ0) is 14.9. The molecule has 1 aromatic rings. The fourth-order valence-electron chi connectivity index (χ4n) is 3.71. The van der Waals surface area contributed by atoms with E-state index in [2.05, 4.69) is 0 Å². The van der Waals surface area contributed by atoms with Gasteiger partial charge in [-0.1, -0.05) is 12.8 Å². The molecule has 2 fully saturated rings. The number of piperidine rings is 1. The summed E-state index contributed by atoms with van der Waals surface area (Å²) < 4.78 is 27.5. The third-order valence-corrected chi connectivity index (χ3v) is 6.72. The molecule has 0 bridgehead atoms. The number of sulfonamides is 1. The van der Waals surface area contributed by atoms with E-state index in [-0.39, 0.29) is 6.04 Å². The molecular formula is C16H20N2O2S. The lowest BCUT2D eigenvalue weighted by molar-refractivity contribution is 0.129. The van der Waals surface area contributed by atoms with Crippen molar-refractivity contribution < 1.29 is 8.42 Å². The van der Waals surface area contributed by atoms with E-state index in [4.69, 9.17) is 5.26 Å². The molecule has 1 saturated carbocycles. The Balaban J connectivity index is 1.90. The fourth-order valence-corrected chi connectivity index (χ4v) is 5.47. The zero-order valence-electron chi connectivity index (χ0n) is 12.0. The van der Waals surface area contributed by atoms with Crippen LogP contribution < -0.4 is 0 Å². The number of hydrogen-bond donors (Lipinski definition) is 0. The lowest BCUT2D eigenvalue weighted by Crippen LogP contribution is -2.49. The third kappa shape index (κ3) is 2.70. The monoisotopic (exact) mass is 304 g/mol. The topological polar surface area (TPSA) is 61.2 Å². The van der Waals surface area contributed by atoms with Gasteiger partial charge in [0.05, 0.1) is 16.5 Å². The molecule has 4 nitrogen and oxygen atoms in total. The van der Waals surface area contributed by atoms with Crippen LogP contribution in [0, 0.1) is 17.2 Å². The predicted molar refractivity (Wildman–Crippen MR) is 80.0 cm³/mol. The molecule has 2 aliphatic rings. The quantitative estimate of drug-likeness (QED) is 0.844. The van der Waals surface area contributed by atoms with Crippen molar-refractivity contribution in [2.75, 3.05) is 6.54 Å². The maximum absolute atomic E-state index is 12.9. The molecule has 0 N–H and O–H groups in total. The summed E-state index contributed by atoms with van der Waals surface area (Å²) >= 11 is 0. The summed E-state index contributed by atoms with van der Waals surface area (Å²) in [6.07, 6.45) is 6.61. The van der Waals surface area contributed by atoms with Crippen LogP contribution in [0.2, 0.25) is 0 Å². The van der Waals surface area contributed by atoms with Gasteiger partial charge in [-0.2, -0.15) is 9.57 Å². The van der Waals surface area contributed by atoms with Crippen LogP contribution >= 0.6 is 0 Å². The van der Waals surface area contributed by atoms with E-state index >= 15 is 0 Å². The molecule has 2 atom stereocenters. The van der Waals surface area contributed by atoms with Crippen molar-refractivity contribution >= 4 is 10.0 Å². The van der Waals surface area contributed by atoms with Crippen molar-refractivity contribution in [3.8, 4) is 6.07 Å². The Bertz CT molecular complexity index is 644. The van der Waals surface area contributed by atoms with Crippen LogP contribution in [0.1, 0.15) is 44.1 Å². The Morgan fingerprint density at radius 1 is 1.05 bits per heavy atom. The van der Waals surface area contributed by atoms with Crippen molar-refractivity contribution in [1.29, 1.82) is 5.26 Å². The SMILES string of the molecule is N#Cc1ccc(S(=O)(=O)N2CCC[C@@H]3CCCC[C@@H]32)cc1. The highest BCUT2D eigenvalue weighted by Crippen LogP contribution is 2.37. The van der Waals surface area contributed by atoms with E-state index in [1.54, 1.807) is 28.6 Å². The summed E-state index contributed by atoms with van der Waals surface area (Å²) in [6.45, 7) is 0.628. The van der Waals surface area contributed by atoms with Gasteiger partial charge in [0.15, 0.2) is 0 Å². The molecule has 0 amide bonds. The lowest BCUT2D eigenvalue weighted by atomic mass is 9.79. The molecule has 0 spiro atoms. The Labute approximate surface area is 126 Å². The summed E-state index contributed by atoms with van der Waals surface area (Å²) in [4.78, 5) is 0.313. The number of nitrogens with zero attached hydrogens (tertiary/aromatic N) is 2. The van der Waals surface area contributed by atoms with Crippen molar-refractivity contribution in [2.45, 2.75) is 49.5 Å². The predicted octanol–water partition coefficient (Wildman–Crippen LogP) is 2.90. The summed E-state index contributed by atoms with van der Waals surface area (Å²) in [5.74, 6) is 0.528. The van der Waals surface area contributed by atoms with E-state index < -0.39 is 10.0 Å². The number of rotatable bonds is 2. The Kier molecular flexibility index (Phi) is 4.01. The summed E-state index contributed by atoms with van der Waals surface area (Å²) in [6, 6.07) is 8.47. The van der Waals surface area contributed by atoms with Gasteiger partial charge in [-0.05, 0) is 55.9 Å². The molecule has 1 aliphatic carbocycles. The summed E-state index contributed by atoms with van der Waals surface area (Å²) in [7, 11) is -3.43. The molecule has 1 aromatic carbocycles. The molecule has 0 unspecified atom stereocenters. The average Bonchev–Trinajstić information content (AvgIpc) is 2.54. The van der Waals surface area contributed by atoms with Crippen LogP contribution in [0.5, 0.6) is 0 Å². The molecule has 5 heteroatoms. The maximum atomic E-state index is 12.9. The highest BCUT2D eigenvalue weighted by atomic mass is 32.2. The van der Waals surface area contributed by atoms with E-state index in [1.165, 1.54) is 6.42 Å². The van der Waals surface area contributed by atoms with Gasteiger partial charge < -0.3 is 0 Å². The smallest absolute Gasteiger partial charge is 0.207 e. The van der Waals surface area contributed by atoms with E-state index in [0.29, 0.717) is 22.9 Å². The second-order valence-corrected chi connectivity index (χ2v) is 7.90. The van der Waals surface area contributed by atoms with Crippen molar-refractivity contribution in [1.82, 2.24) is 4.31 Å². The molecule has 0 radical (unpaired) electrons. The van der Waals surface area contributed by atoms with Crippen molar-refractivity contribution in [3.63, 3.8) is 0 Å². The molecule has 112 valence electrons. The van der Waals surface area contributed by atoms with Crippen LogP contribution in [0.4, 0.5) is 0 Å². The standard InChI is InChI=1S/C16H20N2O2S/c17-12-13-7-9-15(10-8-13)21(19,20)18-11-3-5-14-4-1-2-6-16(14)18/h7-10,14,16H,1-6,11H2/t14-,16-/m0/s1. The first kappa shape index (κ1) is 14.6. The van der Waals surface area contributed by atoms with Crippen molar-refractivity contribution in [2.24, 2.45) is 5.92 Å². The van der Waals surface area contributed by atoms with Crippen LogP contribution in [-0.2, 0) is 10.0 Å². The van der Waals surface area contributed by atoms with Crippen LogP contribution in [-0.4, -0.2) is 25.3 Å². The van der Waals surface area contributed by atoms with Gasteiger partial charge in [0.1, 0.15) is 0 Å². The molecular weight excluding hydrogens is 284 g/mol. The molecule has 1 aliphatic heterocycles. The van der Waals surface area contributed by atoms with E-state index in [1.807, 2.05) is 6.07 Å². The zero-order valence-corrected chi connectivity index (χ0v) is 12.8. The minimum absolute atomic E-state index is 0.174. The molecule has 1 saturated heterocycles. The van der Waals surface area contributed by atoms with Gasteiger partial charge in [0.2, 0.25) is 10.0 Å². The molecule has 21 heavy (non-hydrogen) atoms. The van der Waals surface area contributed by atoms with Gasteiger partial charge in [0, 0.05) is 12.6 Å². The minimum atomic E-state index is -3.43. The highest BCUT2D eigenvalue weighted by Gasteiger charge is 2.39. The van der Waals surface area contributed by atoms with Gasteiger partial charge >= 0.3 is 0 Å². The fraction of sp³-hybridized carbons (Fsp3) is 0.562. The lowest BCUT2D eigenvalue weighted by Gasteiger charge is -2.43. The summed E-state index contributed by atoms with van der Waals surface area (Å²) in [5.41, 5.74) is 0.489. The third-order valence-electron chi connectivity index (χ3n) is 4.78. The first-order chi connectivity index (χ1) is 10.1. The molecule has 0 aromatic heterocycles. The number of hydrogen-bond acceptors (Lipinski definition) is 3. The summed E-state index contributed by atoms with van der Waals surface area (Å²) in [5, 5.41) is 8.82. The number of nitriles is 1. The van der Waals surface area contributed by atoms with Gasteiger partial charge in [0.25, 0.3) is 0 Å². The Morgan fingerprint density at radius 2 is 1.71 bits per heavy atom. The van der Waals surface area contributed by atoms with Gasteiger partial charge in [-0.15, -0.1) is 0 Å². The van der Waals surface area contributed by atoms with E-state index in [0.717, 1.165) is 32.1 Å². The minimum Gasteiger partial charge on any atom is -0.207 e. The van der Waals surface area contributed by atoms with E-state index in [9.17, 15) is 8.42 Å². The second-order valence-electron chi connectivity index (χ2n) is 6.01. The largest absolute Gasteiger partial charge is 0.243 e. The first-order valence-corrected chi connectivity index (χ1v) is 9.09. The average molecular weight is 304 g/mol. The number of benzene rings is 1. The Morgan fingerprint density at radius 3 is 2.43 bits per heavy atom. The van der Waals surface area contributed by atoms with Crippen molar-refractivity contribution in [3.05, 3.63) is 29.8 Å². The van der Waals surface area contributed by atoms with Crippen LogP contribution in [0.15, 0.2) is 29.2 Å². The van der Waals surface area contributed by atoms with Gasteiger partial charge in [-0.3, -0.25) is 0 Å². The first-order valence-electron chi connectivity index (χ1n) is 7.65. The molecule has 1 heterocycles. The second kappa shape index (κ2) is 5.78. The van der Waals surface area contributed by atoms with Crippen LogP contribution in [0.25, 0.3) is 0 Å². The van der Waals surface area contributed by atoms with Crippen LogP contribution in [0.3, 0.4) is 0 Å². The number of fused-ring (bicyclic) bond motifs is 1. The maximum Gasteiger partial charge on any atom is 0.243 e. The molecule has 3 rings (SSSR count). The Hall–Kier alpha value is -1.38. The highest BCUT2D eigenvalue weighted by molar-refractivity contribution is 7.89. The normalized spacial score (nSPS) is 26.8.